The Morgan fingerprint density at radius 3 is 2.89 bits per heavy atom. The van der Waals surface area contributed by atoms with Crippen LogP contribution in [0.3, 0.4) is 0 Å². The van der Waals surface area contributed by atoms with Crippen molar-refractivity contribution in [2.45, 2.75) is 13.8 Å². The molecule has 0 amide bonds. The van der Waals surface area contributed by atoms with Crippen LogP contribution in [0.2, 0.25) is 0 Å². The first-order valence-corrected chi connectivity index (χ1v) is 6.08. The van der Waals surface area contributed by atoms with Gasteiger partial charge in [0, 0.05) is 12.2 Å². The van der Waals surface area contributed by atoms with Crippen molar-refractivity contribution in [3.63, 3.8) is 0 Å². The molecule has 0 fully saturated rings. The van der Waals surface area contributed by atoms with Crippen molar-refractivity contribution in [1.29, 1.82) is 0 Å². The van der Waals surface area contributed by atoms with Crippen molar-refractivity contribution in [2.75, 3.05) is 17.2 Å². The lowest BCUT2D eigenvalue weighted by atomic mass is 10.1. The third-order valence-electron chi connectivity index (χ3n) is 2.61. The molecule has 1 aromatic carbocycles. The fourth-order valence-corrected chi connectivity index (χ4v) is 1.69. The number of hydrogen-bond donors (Lipinski definition) is 2. The Bertz CT molecular complexity index is 580. The number of hydrogen-bond acceptors (Lipinski definition) is 5. The van der Waals surface area contributed by atoms with Gasteiger partial charge in [0.2, 0.25) is 5.95 Å². The van der Waals surface area contributed by atoms with Gasteiger partial charge >= 0.3 is 0 Å². The summed E-state index contributed by atoms with van der Waals surface area (Å²) in [5.41, 5.74) is 3.41. The highest BCUT2D eigenvalue weighted by molar-refractivity contribution is 5.60. The average molecular weight is 255 g/mol. The predicted molar refractivity (Wildman–Crippen MR) is 77.7 cm³/mol. The quantitative estimate of drug-likeness (QED) is 0.804. The minimum Gasteiger partial charge on any atom is -0.349 e. The molecule has 0 saturated carbocycles. The van der Waals surface area contributed by atoms with E-state index in [9.17, 15) is 0 Å². The van der Waals surface area contributed by atoms with Gasteiger partial charge in [-0.05, 0) is 25.5 Å². The van der Waals surface area contributed by atoms with Crippen molar-refractivity contribution in [1.82, 2.24) is 15.2 Å². The second-order valence-corrected chi connectivity index (χ2v) is 4.28. The Kier molecular flexibility index (Phi) is 4.07. The molecule has 2 rings (SSSR count). The second-order valence-electron chi connectivity index (χ2n) is 4.28. The van der Waals surface area contributed by atoms with Crippen LogP contribution in [0.5, 0.6) is 0 Å². The van der Waals surface area contributed by atoms with Crippen molar-refractivity contribution < 1.29 is 0 Å². The molecule has 0 atom stereocenters. The first kappa shape index (κ1) is 13.0. The topological polar surface area (TPSA) is 62.7 Å². The van der Waals surface area contributed by atoms with Gasteiger partial charge in [-0.2, -0.15) is 10.1 Å². The molecule has 0 spiro atoms. The fourth-order valence-electron chi connectivity index (χ4n) is 1.69. The second kappa shape index (κ2) is 5.95. The number of nitrogens with one attached hydrogen (secondary N) is 2. The summed E-state index contributed by atoms with van der Waals surface area (Å²) in [7, 11) is 0. The SMILES string of the molecule is C=CCNc1nncc(Nc2ccc(C)cc2C)n1. The van der Waals surface area contributed by atoms with Crippen molar-refractivity contribution >= 4 is 17.5 Å². The molecule has 0 aliphatic rings. The van der Waals surface area contributed by atoms with E-state index < -0.39 is 0 Å². The van der Waals surface area contributed by atoms with E-state index in [2.05, 4.69) is 58.4 Å². The van der Waals surface area contributed by atoms with Crippen LogP contribution in [0.1, 0.15) is 11.1 Å². The number of aromatic nitrogens is 3. The third kappa shape index (κ3) is 3.51. The molecule has 5 nitrogen and oxygen atoms in total. The Hall–Kier alpha value is -2.43. The summed E-state index contributed by atoms with van der Waals surface area (Å²) in [4.78, 5) is 4.33. The standard InChI is InChI=1S/C14H17N5/c1-4-7-15-14-18-13(9-16-19-14)17-12-6-5-10(2)8-11(12)3/h4-6,8-9H,1,7H2,2-3H3,(H2,15,17,18,19). The van der Waals surface area contributed by atoms with Crippen LogP contribution in [-0.2, 0) is 0 Å². The molecule has 98 valence electrons. The third-order valence-corrected chi connectivity index (χ3v) is 2.61. The van der Waals surface area contributed by atoms with E-state index in [1.54, 1.807) is 12.3 Å². The Morgan fingerprint density at radius 2 is 2.16 bits per heavy atom. The summed E-state index contributed by atoms with van der Waals surface area (Å²) in [6, 6.07) is 6.21. The monoisotopic (exact) mass is 255 g/mol. The molecule has 0 saturated heterocycles. The predicted octanol–water partition coefficient (Wildman–Crippen LogP) is 2.83. The van der Waals surface area contributed by atoms with Gasteiger partial charge in [-0.25, -0.2) is 0 Å². The van der Waals surface area contributed by atoms with Crippen LogP contribution in [-0.4, -0.2) is 21.7 Å². The number of anilines is 3. The number of nitrogens with zero attached hydrogens (tertiary/aromatic N) is 3. The lowest BCUT2D eigenvalue weighted by molar-refractivity contribution is 0.967. The van der Waals surface area contributed by atoms with E-state index in [1.807, 2.05) is 6.07 Å². The minimum absolute atomic E-state index is 0.481. The number of aryl methyl sites for hydroxylation is 2. The van der Waals surface area contributed by atoms with E-state index in [1.165, 1.54) is 11.1 Å². The van der Waals surface area contributed by atoms with Crippen LogP contribution in [0.15, 0.2) is 37.1 Å². The highest BCUT2D eigenvalue weighted by Gasteiger charge is 2.02. The first-order valence-electron chi connectivity index (χ1n) is 6.08. The molecule has 0 aliphatic heterocycles. The molecule has 0 bridgehead atoms. The smallest absolute Gasteiger partial charge is 0.244 e. The summed E-state index contributed by atoms with van der Waals surface area (Å²) < 4.78 is 0. The molecule has 19 heavy (non-hydrogen) atoms. The first-order chi connectivity index (χ1) is 9.19. The van der Waals surface area contributed by atoms with Crippen LogP contribution < -0.4 is 10.6 Å². The fraction of sp³-hybridized carbons (Fsp3) is 0.214. The largest absolute Gasteiger partial charge is 0.349 e. The Morgan fingerprint density at radius 1 is 1.32 bits per heavy atom. The van der Waals surface area contributed by atoms with E-state index in [4.69, 9.17) is 0 Å². The summed E-state index contributed by atoms with van der Waals surface area (Å²) in [5, 5.41) is 14.0. The zero-order valence-electron chi connectivity index (χ0n) is 11.1. The van der Waals surface area contributed by atoms with Gasteiger partial charge in [-0.3, -0.25) is 0 Å². The summed E-state index contributed by atoms with van der Waals surface area (Å²) >= 11 is 0. The molecule has 0 radical (unpaired) electrons. The van der Waals surface area contributed by atoms with Crippen LogP contribution in [0.25, 0.3) is 0 Å². The van der Waals surface area contributed by atoms with Crippen molar-refractivity contribution in [3.05, 3.63) is 48.2 Å². The van der Waals surface area contributed by atoms with Crippen molar-refractivity contribution in [2.24, 2.45) is 0 Å². The van der Waals surface area contributed by atoms with E-state index in [0.717, 1.165) is 5.69 Å². The van der Waals surface area contributed by atoms with Crippen LogP contribution in [0, 0.1) is 13.8 Å². The van der Waals surface area contributed by atoms with Gasteiger partial charge in [0.15, 0.2) is 5.82 Å². The number of benzene rings is 1. The Balaban J connectivity index is 2.16. The minimum atomic E-state index is 0.481. The average Bonchev–Trinajstić information content (AvgIpc) is 2.40. The lowest BCUT2D eigenvalue weighted by Crippen LogP contribution is -2.06. The van der Waals surface area contributed by atoms with Gasteiger partial charge in [0.25, 0.3) is 0 Å². The highest BCUT2D eigenvalue weighted by atomic mass is 15.3. The lowest BCUT2D eigenvalue weighted by Gasteiger charge is -2.09. The maximum absolute atomic E-state index is 4.33. The maximum atomic E-state index is 4.33. The molecule has 1 aromatic heterocycles. The Labute approximate surface area is 112 Å². The zero-order chi connectivity index (χ0) is 13.7. The molecule has 5 heteroatoms. The molecular formula is C14H17N5. The van der Waals surface area contributed by atoms with Gasteiger partial charge in [0.1, 0.15) is 0 Å². The van der Waals surface area contributed by atoms with E-state index >= 15 is 0 Å². The highest BCUT2D eigenvalue weighted by Crippen LogP contribution is 2.20. The van der Waals surface area contributed by atoms with E-state index in [-0.39, 0.29) is 0 Å². The molecule has 1 heterocycles. The molecule has 2 aromatic rings. The van der Waals surface area contributed by atoms with Gasteiger partial charge < -0.3 is 10.6 Å². The summed E-state index contributed by atoms with van der Waals surface area (Å²) in [6.07, 6.45) is 3.34. The van der Waals surface area contributed by atoms with E-state index in [0.29, 0.717) is 18.3 Å². The normalized spacial score (nSPS) is 10.0. The van der Waals surface area contributed by atoms with Crippen molar-refractivity contribution in [3.8, 4) is 0 Å². The molecule has 2 N–H and O–H groups in total. The maximum Gasteiger partial charge on any atom is 0.244 e. The summed E-state index contributed by atoms with van der Waals surface area (Å²) in [5.74, 6) is 1.14. The molecular weight excluding hydrogens is 238 g/mol. The van der Waals surface area contributed by atoms with Gasteiger partial charge in [-0.1, -0.05) is 23.8 Å². The van der Waals surface area contributed by atoms with Crippen LogP contribution in [0.4, 0.5) is 17.5 Å². The van der Waals surface area contributed by atoms with Gasteiger partial charge in [-0.15, -0.1) is 11.7 Å². The molecule has 0 unspecified atom stereocenters. The summed E-state index contributed by atoms with van der Waals surface area (Å²) in [6.45, 7) is 8.36. The number of rotatable bonds is 5. The molecule has 0 aliphatic carbocycles. The van der Waals surface area contributed by atoms with Crippen LogP contribution >= 0.6 is 0 Å². The zero-order valence-corrected chi connectivity index (χ0v) is 11.1. The van der Waals surface area contributed by atoms with Gasteiger partial charge in [0.05, 0.1) is 6.20 Å².